The van der Waals surface area contributed by atoms with Crippen molar-refractivity contribution in [2.75, 3.05) is 12.4 Å². The monoisotopic (exact) mass is 312 g/mol. The zero-order valence-corrected chi connectivity index (χ0v) is 12.8. The van der Waals surface area contributed by atoms with Gasteiger partial charge < -0.3 is 15.4 Å². The molecule has 2 amide bonds. The average molecular weight is 313 g/mol. The fourth-order valence-electron chi connectivity index (χ4n) is 1.58. The van der Waals surface area contributed by atoms with Crippen molar-refractivity contribution in [1.82, 2.24) is 5.32 Å². The highest BCUT2D eigenvalue weighted by Crippen LogP contribution is 2.23. The molecule has 0 spiro atoms. The Morgan fingerprint density at radius 3 is 2.48 bits per heavy atom. The van der Waals surface area contributed by atoms with Crippen LogP contribution in [0.15, 0.2) is 18.2 Å². The van der Waals surface area contributed by atoms with Gasteiger partial charge in [-0.2, -0.15) is 0 Å². The zero-order valence-electron chi connectivity index (χ0n) is 12.0. The first-order valence-corrected chi connectivity index (χ1v) is 6.68. The van der Waals surface area contributed by atoms with Crippen molar-refractivity contribution in [2.45, 2.75) is 26.3 Å². The number of nitrogens with one attached hydrogen (secondary N) is 2. The largest absolute Gasteiger partial charge is 0.465 e. The molecule has 0 saturated heterocycles. The quantitative estimate of drug-likeness (QED) is 0.643. The summed E-state index contributed by atoms with van der Waals surface area (Å²) in [5, 5.41) is 5.36. The third-order valence-corrected chi connectivity index (χ3v) is 2.76. The van der Waals surface area contributed by atoms with Crippen LogP contribution in [-0.2, 0) is 14.3 Å². The summed E-state index contributed by atoms with van der Waals surface area (Å²) in [7, 11) is 1.26. The number of carbonyl (C=O) groups excluding carboxylic acids is 3. The van der Waals surface area contributed by atoms with E-state index < -0.39 is 11.9 Å². The molecule has 7 heteroatoms. The summed E-state index contributed by atoms with van der Waals surface area (Å²) >= 11 is 5.94. The van der Waals surface area contributed by atoms with Gasteiger partial charge in [-0.3, -0.25) is 9.59 Å². The lowest BCUT2D eigenvalue weighted by atomic mass is 10.2. The van der Waals surface area contributed by atoms with E-state index in [1.54, 1.807) is 13.8 Å². The molecular weight excluding hydrogens is 296 g/mol. The molecule has 1 rings (SSSR count). The molecule has 1 aromatic rings. The Morgan fingerprint density at radius 1 is 1.24 bits per heavy atom. The van der Waals surface area contributed by atoms with Crippen LogP contribution in [0.3, 0.4) is 0 Å². The Labute approximate surface area is 127 Å². The SMILES string of the molecule is COC(=O)c1ccc(Cl)c(NC(=O)CC(=O)NC(C)C)c1. The van der Waals surface area contributed by atoms with Gasteiger partial charge in [0.25, 0.3) is 0 Å². The number of hydrogen-bond acceptors (Lipinski definition) is 4. The van der Waals surface area contributed by atoms with Crippen LogP contribution < -0.4 is 10.6 Å². The summed E-state index contributed by atoms with van der Waals surface area (Å²) in [5.41, 5.74) is 0.505. The number of hydrogen-bond donors (Lipinski definition) is 2. The Hall–Kier alpha value is -2.08. The number of methoxy groups -OCH3 is 1. The van der Waals surface area contributed by atoms with Crippen LogP contribution in [0.2, 0.25) is 5.02 Å². The minimum atomic E-state index is -0.542. The molecule has 0 bridgehead atoms. The van der Waals surface area contributed by atoms with Gasteiger partial charge in [0.05, 0.1) is 23.4 Å². The molecule has 0 unspecified atom stereocenters. The van der Waals surface area contributed by atoms with Gasteiger partial charge in [0.1, 0.15) is 6.42 Å². The van der Waals surface area contributed by atoms with E-state index in [0.29, 0.717) is 0 Å². The standard InChI is InChI=1S/C14H17ClN2O4/c1-8(2)16-12(18)7-13(19)17-11-6-9(14(20)21-3)4-5-10(11)15/h4-6,8H,7H2,1-3H3,(H,16,18)(H,17,19). The minimum Gasteiger partial charge on any atom is -0.465 e. The van der Waals surface area contributed by atoms with Crippen molar-refractivity contribution in [3.8, 4) is 0 Å². The Kier molecular flexibility index (Phi) is 6.17. The van der Waals surface area contributed by atoms with E-state index in [9.17, 15) is 14.4 Å². The van der Waals surface area contributed by atoms with Gasteiger partial charge in [-0.15, -0.1) is 0 Å². The summed E-state index contributed by atoms with van der Waals surface area (Å²) in [6.45, 7) is 3.60. The van der Waals surface area contributed by atoms with E-state index >= 15 is 0 Å². The Morgan fingerprint density at radius 2 is 1.90 bits per heavy atom. The van der Waals surface area contributed by atoms with Crippen molar-refractivity contribution in [3.63, 3.8) is 0 Å². The summed E-state index contributed by atoms with van der Waals surface area (Å²) in [6, 6.07) is 4.30. The lowest BCUT2D eigenvalue weighted by molar-refractivity contribution is -0.127. The third kappa shape index (κ3) is 5.43. The number of carbonyl (C=O) groups is 3. The van der Waals surface area contributed by atoms with Crippen LogP contribution in [-0.4, -0.2) is 30.9 Å². The van der Waals surface area contributed by atoms with Crippen LogP contribution in [0.5, 0.6) is 0 Å². The summed E-state index contributed by atoms with van der Waals surface area (Å²) in [4.78, 5) is 34.7. The Bertz CT molecular complexity index is 558. The third-order valence-electron chi connectivity index (χ3n) is 2.43. The number of benzene rings is 1. The topological polar surface area (TPSA) is 84.5 Å². The fourth-order valence-corrected chi connectivity index (χ4v) is 1.74. The first kappa shape index (κ1) is 17.0. The number of halogens is 1. The van der Waals surface area contributed by atoms with Crippen molar-refractivity contribution in [3.05, 3.63) is 28.8 Å². The second-order valence-electron chi connectivity index (χ2n) is 4.63. The predicted octanol–water partition coefficient (Wildman–Crippen LogP) is 1.98. The van der Waals surface area contributed by atoms with Gasteiger partial charge >= 0.3 is 5.97 Å². The van der Waals surface area contributed by atoms with Gasteiger partial charge in [0, 0.05) is 6.04 Å². The lowest BCUT2D eigenvalue weighted by Gasteiger charge is -2.10. The van der Waals surface area contributed by atoms with Crippen molar-refractivity contribution in [2.24, 2.45) is 0 Å². The summed E-state index contributed by atoms with van der Waals surface area (Å²) in [5.74, 6) is -1.44. The number of amides is 2. The van der Waals surface area contributed by atoms with Crippen LogP contribution >= 0.6 is 11.6 Å². The van der Waals surface area contributed by atoms with Crippen LogP contribution in [0.1, 0.15) is 30.6 Å². The number of anilines is 1. The maximum atomic E-state index is 11.8. The molecule has 0 radical (unpaired) electrons. The molecule has 0 fully saturated rings. The lowest BCUT2D eigenvalue weighted by Crippen LogP contribution is -2.33. The van der Waals surface area contributed by atoms with Crippen LogP contribution in [0.25, 0.3) is 0 Å². The highest BCUT2D eigenvalue weighted by Gasteiger charge is 2.14. The molecule has 1 aromatic carbocycles. The van der Waals surface area contributed by atoms with Crippen molar-refractivity contribution >= 4 is 35.1 Å². The highest BCUT2D eigenvalue weighted by atomic mass is 35.5. The number of esters is 1. The minimum absolute atomic E-state index is 0.0449. The predicted molar refractivity (Wildman–Crippen MR) is 79.3 cm³/mol. The summed E-state index contributed by atoms with van der Waals surface area (Å²) in [6.07, 6.45) is -0.322. The molecule has 114 valence electrons. The van der Waals surface area contributed by atoms with Gasteiger partial charge in [-0.1, -0.05) is 11.6 Å². The fraction of sp³-hybridized carbons (Fsp3) is 0.357. The van der Waals surface area contributed by atoms with Crippen LogP contribution in [0, 0.1) is 0 Å². The Balaban J connectivity index is 2.75. The molecule has 0 aliphatic rings. The molecule has 0 aliphatic heterocycles. The molecule has 0 aliphatic carbocycles. The van der Waals surface area contributed by atoms with E-state index in [4.69, 9.17) is 11.6 Å². The molecular formula is C14H17ClN2O4. The maximum absolute atomic E-state index is 11.8. The first-order chi connectivity index (χ1) is 9.83. The van der Waals surface area contributed by atoms with Gasteiger partial charge in [0.15, 0.2) is 0 Å². The van der Waals surface area contributed by atoms with E-state index in [1.807, 2.05) is 0 Å². The highest BCUT2D eigenvalue weighted by molar-refractivity contribution is 6.34. The van der Waals surface area contributed by atoms with E-state index in [2.05, 4.69) is 15.4 Å². The van der Waals surface area contributed by atoms with Crippen molar-refractivity contribution in [1.29, 1.82) is 0 Å². The molecule has 2 N–H and O–H groups in total. The van der Waals surface area contributed by atoms with Gasteiger partial charge in [-0.05, 0) is 32.0 Å². The first-order valence-electron chi connectivity index (χ1n) is 6.30. The second kappa shape index (κ2) is 7.64. The molecule has 6 nitrogen and oxygen atoms in total. The average Bonchev–Trinajstić information content (AvgIpc) is 2.39. The van der Waals surface area contributed by atoms with Gasteiger partial charge in [0.2, 0.25) is 11.8 Å². The molecule has 0 saturated carbocycles. The van der Waals surface area contributed by atoms with E-state index in [-0.39, 0.29) is 34.6 Å². The zero-order chi connectivity index (χ0) is 16.0. The van der Waals surface area contributed by atoms with Crippen LogP contribution in [0.4, 0.5) is 5.69 Å². The normalized spacial score (nSPS) is 10.1. The van der Waals surface area contributed by atoms with Crippen molar-refractivity contribution < 1.29 is 19.1 Å². The summed E-state index contributed by atoms with van der Waals surface area (Å²) < 4.78 is 4.59. The second-order valence-corrected chi connectivity index (χ2v) is 5.04. The molecule has 0 atom stereocenters. The smallest absolute Gasteiger partial charge is 0.337 e. The van der Waals surface area contributed by atoms with E-state index in [0.717, 1.165) is 0 Å². The van der Waals surface area contributed by atoms with Gasteiger partial charge in [-0.25, -0.2) is 4.79 Å². The maximum Gasteiger partial charge on any atom is 0.337 e. The van der Waals surface area contributed by atoms with E-state index in [1.165, 1.54) is 25.3 Å². The number of rotatable bonds is 5. The molecule has 21 heavy (non-hydrogen) atoms. The molecule has 0 heterocycles. The molecule has 0 aromatic heterocycles. The number of ether oxygens (including phenoxy) is 1.